The minimum absolute atomic E-state index is 0.847. The van der Waals surface area contributed by atoms with E-state index in [0.717, 1.165) is 12.5 Å². The average molecular weight is 165 g/mol. The molecule has 1 fully saturated rings. The second-order valence-corrected chi connectivity index (χ2v) is 3.43. The highest BCUT2D eigenvalue weighted by molar-refractivity contribution is 5.06. The Labute approximate surface area is 72.8 Å². The molecule has 0 spiro atoms. The van der Waals surface area contributed by atoms with Crippen molar-refractivity contribution in [2.24, 2.45) is 5.92 Å². The molecule has 3 nitrogen and oxygen atoms in total. The van der Waals surface area contributed by atoms with E-state index in [-0.39, 0.29) is 0 Å². The number of aromatic nitrogens is 2. The lowest BCUT2D eigenvalue weighted by Gasteiger charge is -2.26. The number of hydrogen-bond donors (Lipinski definition) is 1. The molecule has 0 bridgehead atoms. The number of rotatable bonds is 3. The zero-order chi connectivity index (χ0) is 8.39. The van der Waals surface area contributed by atoms with Gasteiger partial charge in [0.25, 0.3) is 0 Å². The van der Waals surface area contributed by atoms with Crippen LogP contribution in [0.3, 0.4) is 0 Å². The maximum Gasteiger partial charge on any atom is 0.0521 e. The summed E-state index contributed by atoms with van der Waals surface area (Å²) in [6.45, 7) is 5.44. The summed E-state index contributed by atoms with van der Waals surface area (Å²) in [6, 6.07) is 0. The van der Waals surface area contributed by atoms with E-state index in [2.05, 4.69) is 23.5 Å². The van der Waals surface area contributed by atoms with Crippen molar-refractivity contribution < 1.29 is 0 Å². The standard InChI is InChI=1S/C9H15N3/c1-2-12-7-9(6-11-12)3-8-4-10-5-8/h6-8,10H,2-5H2,1H3. The second kappa shape index (κ2) is 3.27. The highest BCUT2D eigenvalue weighted by atomic mass is 15.3. The first kappa shape index (κ1) is 7.80. The monoisotopic (exact) mass is 165 g/mol. The van der Waals surface area contributed by atoms with Crippen LogP contribution < -0.4 is 5.32 Å². The Kier molecular flexibility index (Phi) is 2.13. The summed E-state index contributed by atoms with van der Waals surface area (Å²) in [7, 11) is 0. The van der Waals surface area contributed by atoms with Gasteiger partial charge in [0, 0.05) is 12.7 Å². The van der Waals surface area contributed by atoms with Crippen LogP contribution >= 0.6 is 0 Å². The quantitative estimate of drug-likeness (QED) is 0.713. The Bertz CT molecular complexity index is 250. The summed E-state index contributed by atoms with van der Waals surface area (Å²) < 4.78 is 1.99. The largest absolute Gasteiger partial charge is 0.316 e. The van der Waals surface area contributed by atoms with Gasteiger partial charge >= 0.3 is 0 Å². The summed E-state index contributed by atoms with van der Waals surface area (Å²) in [5.74, 6) is 0.847. The van der Waals surface area contributed by atoms with Crippen LogP contribution in [0.2, 0.25) is 0 Å². The van der Waals surface area contributed by atoms with Crippen molar-refractivity contribution in [2.45, 2.75) is 19.9 Å². The van der Waals surface area contributed by atoms with E-state index in [1.54, 1.807) is 0 Å². The van der Waals surface area contributed by atoms with Gasteiger partial charge in [-0.25, -0.2) is 0 Å². The zero-order valence-electron chi connectivity index (χ0n) is 7.45. The van der Waals surface area contributed by atoms with E-state index in [0.29, 0.717) is 0 Å². The molecule has 0 radical (unpaired) electrons. The molecule has 1 aliphatic rings. The highest BCUT2D eigenvalue weighted by Gasteiger charge is 2.17. The van der Waals surface area contributed by atoms with Crippen molar-refractivity contribution >= 4 is 0 Å². The molecule has 0 atom stereocenters. The molecule has 1 aliphatic heterocycles. The first-order valence-electron chi connectivity index (χ1n) is 4.60. The molecule has 2 heterocycles. The van der Waals surface area contributed by atoms with Crippen LogP contribution in [0.5, 0.6) is 0 Å². The van der Waals surface area contributed by atoms with E-state index >= 15 is 0 Å². The molecule has 3 heteroatoms. The molecule has 1 aromatic rings. The van der Waals surface area contributed by atoms with Gasteiger partial charge in [0.1, 0.15) is 0 Å². The summed E-state index contributed by atoms with van der Waals surface area (Å²) in [5, 5.41) is 7.52. The fraction of sp³-hybridized carbons (Fsp3) is 0.667. The van der Waals surface area contributed by atoms with E-state index in [1.807, 2.05) is 10.9 Å². The third-order valence-electron chi connectivity index (χ3n) is 2.40. The lowest BCUT2D eigenvalue weighted by molar-refractivity contribution is 0.346. The second-order valence-electron chi connectivity index (χ2n) is 3.43. The summed E-state index contributed by atoms with van der Waals surface area (Å²) in [6.07, 6.45) is 5.33. The third-order valence-corrected chi connectivity index (χ3v) is 2.40. The lowest BCUT2D eigenvalue weighted by atomic mass is 9.96. The van der Waals surface area contributed by atoms with Gasteiger partial charge in [-0.05, 0) is 37.9 Å². The van der Waals surface area contributed by atoms with E-state index in [4.69, 9.17) is 0 Å². The Morgan fingerprint density at radius 1 is 1.67 bits per heavy atom. The van der Waals surface area contributed by atoms with Crippen molar-refractivity contribution in [1.82, 2.24) is 15.1 Å². The maximum absolute atomic E-state index is 4.24. The third kappa shape index (κ3) is 1.50. The molecule has 1 N–H and O–H groups in total. The SMILES string of the molecule is CCn1cc(CC2CNC2)cn1. The molecule has 0 aliphatic carbocycles. The van der Waals surface area contributed by atoms with Crippen LogP contribution in [0.1, 0.15) is 12.5 Å². The minimum Gasteiger partial charge on any atom is -0.316 e. The number of hydrogen-bond acceptors (Lipinski definition) is 2. The molecule has 0 amide bonds. The lowest BCUT2D eigenvalue weighted by Crippen LogP contribution is -2.42. The number of aryl methyl sites for hydroxylation is 1. The van der Waals surface area contributed by atoms with Gasteiger partial charge < -0.3 is 5.32 Å². The molecule has 12 heavy (non-hydrogen) atoms. The minimum atomic E-state index is 0.847. The average Bonchev–Trinajstić information content (AvgIpc) is 2.44. The van der Waals surface area contributed by atoms with Gasteiger partial charge in [0.05, 0.1) is 6.20 Å². The fourth-order valence-electron chi connectivity index (χ4n) is 1.51. The zero-order valence-corrected chi connectivity index (χ0v) is 7.45. The van der Waals surface area contributed by atoms with Crippen LogP contribution in [0.4, 0.5) is 0 Å². The molecule has 0 saturated carbocycles. The van der Waals surface area contributed by atoms with Gasteiger partial charge in [0.2, 0.25) is 0 Å². The molecule has 1 saturated heterocycles. The summed E-state index contributed by atoms with van der Waals surface area (Å²) >= 11 is 0. The van der Waals surface area contributed by atoms with E-state index in [9.17, 15) is 0 Å². The normalized spacial score (nSPS) is 17.8. The molecular formula is C9H15N3. The van der Waals surface area contributed by atoms with E-state index < -0.39 is 0 Å². The van der Waals surface area contributed by atoms with Crippen LogP contribution in [0.25, 0.3) is 0 Å². The molecule has 0 aromatic carbocycles. The van der Waals surface area contributed by atoms with Gasteiger partial charge in [-0.3, -0.25) is 4.68 Å². The van der Waals surface area contributed by atoms with Crippen LogP contribution in [-0.4, -0.2) is 22.9 Å². The summed E-state index contributed by atoms with van der Waals surface area (Å²) in [4.78, 5) is 0. The van der Waals surface area contributed by atoms with Crippen molar-refractivity contribution in [3.05, 3.63) is 18.0 Å². The summed E-state index contributed by atoms with van der Waals surface area (Å²) in [5.41, 5.74) is 1.38. The van der Waals surface area contributed by atoms with Crippen molar-refractivity contribution in [3.8, 4) is 0 Å². The molecular weight excluding hydrogens is 150 g/mol. The Morgan fingerprint density at radius 3 is 3.00 bits per heavy atom. The van der Waals surface area contributed by atoms with Gasteiger partial charge in [-0.15, -0.1) is 0 Å². The first-order valence-corrected chi connectivity index (χ1v) is 4.60. The van der Waals surface area contributed by atoms with Gasteiger partial charge in [-0.2, -0.15) is 5.10 Å². The van der Waals surface area contributed by atoms with E-state index in [1.165, 1.54) is 25.1 Å². The van der Waals surface area contributed by atoms with Crippen LogP contribution in [-0.2, 0) is 13.0 Å². The molecule has 66 valence electrons. The molecule has 0 unspecified atom stereocenters. The Morgan fingerprint density at radius 2 is 2.50 bits per heavy atom. The topological polar surface area (TPSA) is 29.9 Å². The van der Waals surface area contributed by atoms with Gasteiger partial charge in [0.15, 0.2) is 0 Å². The van der Waals surface area contributed by atoms with Crippen LogP contribution in [0, 0.1) is 5.92 Å². The van der Waals surface area contributed by atoms with Crippen LogP contribution in [0.15, 0.2) is 12.4 Å². The smallest absolute Gasteiger partial charge is 0.0521 e. The fourth-order valence-corrected chi connectivity index (χ4v) is 1.51. The Hall–Kier alpha value is -0.830. The predicted molar refractivity (Wildman–Crippen MR) is 48.0 cm³/mol. The first-order chi connectivity index (χ1) is 5.88. The predicted octanol–water partition coefficient (Wildman–Crippen LogP) is 0.665. The van der Waals surface area contributed by atoms with Crippen molar-refractivity contribution in [1.29, 1.82) is 0 Å². The molecule has 1 aromatic heterocycles. The highest BCUT2D eigenvalue weighted by Crippen LogP contribution is 2.11. The van der Waals surface area contributed by atoms with Crippen molar-refractivity contribution in [2.75, 3.05) is 13.1 Å². The maximum atomic E-state index is 4.24. The number of nitrogens with zero attached hydrogens (tertiary/aromatic N) is 2. The van der Waals surface area contributed by atoms with Crippen molar-refractivity contribution in [3.63, 3.8) is 0 Å². The number of nitrogens with one attached hydrogen (secondary N) is 1. The Balaban J connectivity index is 1.93. The molecule has 2 rings (SSSR count). The van der Waals surface area contributed by atoms with Gasteiger partial charge in [-0.1, -0.05) is 0 Å².